The molecule has 6 heteroatoms. The molecule has 1 heterocycles. The molecule has 1 saturated heterocycles. The molecule has 0 aliphatic carbocycles. The molecule has 24 heavy (non-hydrogen) atoms. The number of para-hydroxylation sites is 1. The minimum atomic E-state index is -0.218. The lowest BCUT2D eigenvalue weighted by Gasteiger charge is -2.36. The van der Waals surface area contributed by atoms with Gasteiger partial charge in [0.25, 0.3) is 0 Å². The van der Waals surface area contributed by atoms with Crippen LogP contribution >= 0.6 is 11.8 Å². The molecule has 1 N–H and O–H groups in total. The minimum absolute atomic E-state index is 0.111. The molecule has 4 nitrogen and oxygen atoms in total. The Bertz CT molecular complexity index is 700. The summed E-state index contributed by atoms with van der Waals surface area (Å²) in [4.78, 5) is 17.3. The molecule has 0 saturated carbocycles. The molecule has 1 aliphatic rings. The van der Waals surface area contributed by atoms with Crippen LogP contribution in [0.2, 0.25) is 0 Å². The maximum Gasteiger partial charge on any atom is 0.321 e. The van der Waals surface area contributed by atoms with Crippen molar-refractivity contribution in [1.82, 2.24) is 4.90 Å². The van der Waals surface area contributed by atoms with Crippen LogP contribution in [0.25, 0.3) is 0 Å². The summed E-state index contributed by atoms with van der Waals surface area (Å²) in [5.41, 5.74) is 1.39. The number of hydrogen-bond acceptors (Lipinski definition) is 3. The van der Waals surface area contributed by atoms with Crippen molar-refractivity contribution in [2.24, 2.45) is 0 Å². The van der Waals surface area contributed by atoms with Crippen molar-refractivity contribution in [2.75, 3.05) is 42.7 Å². The molecular weight excluding hydrogens is 325 g/mol. The van der Waals surface area contributed by atoms with E-state index in [0.29, 0.717) is 31.9 Å². The van der Waals surface area contributed by atoms with Crippen LogP contribution in [-0.4, -0.2) is 43.4 Å². The predicted octanol–water partition coefficient (Wildman–Crippen LogP) is 3.90. The van der Waals surface area contributed by atoms with Gasteiger partial charge in [-0.15, -0.1) is 11.8 Å². The van der Waals surface area contributed by atoms with Crippen molar-refractivity contribution >= 4 is 29.2 Å². The molecule has 2 aromatic carbocycles. The first-order valence-electron chi connectivity index (χ1n) is 7.87. The van der Waals surface area contributed by atoms with E-state index in [2.05, 4.69) is 5.32 Å². The summed E-state index contributed by atoms with van der Waals surface area (Å²) in [6.45, 7) is 2.39. The zero-order chi connectivity index (χ0) is 16.9. The highest BCUT2D eigenvalue weighted by Crippen LogP contribution is 2.21. The molecule has 0 atom stereocenters. The van der Waals surface area contributed by atoms with Gasteiger partial charge in [0.2, 0.25) is 0 Å². The lowest BCUT2D eigenvalue weighted by molar-refractivity contribution is 0.208. The average Bonchev–Trinajstić information content (AvgIpc) is 2.63. The van der Waals surface area contributed by atoms with Crippen LogP contribution in [0.3, 0.4) is 0 Å². The summed E-state index contributed by atoms with van der Waals surface area (Å²) in [7, 11) is 0. The topological polar surface area (TPSA) is 35.6 Å². The van der Waals surface area contributed by atoms with E-state index in [-0.39, 0.29) is 11.8 Å². The van der Waals surface area contributed by atoms with E-state index >= 15 is 0 Å². The number of amides is 2. The molecule has 0 unspecified atom stereocenters. The van der Waals surface area contributed by atoms with Crippen molar-refractivity contribution in [2.45, 2.75) is 4.90 Å². The summed E-state index contributed by atoms with van der Waals surface area (Å²) in [5, 5.41) is 2.91. The van der Waals surface area contributed by atoms with Crippen molar-refractivity contribution in [3.63, 3.8) is 0 Å². The fraction of sp³-hybridized carbons (Fsp3) is 0.278. The van der Waals surface area contributed by atoms with Gasteiger partial charge in [-0.2, -0.15) is 0 Å². The molecule has 0 spiro atoms. The Morgan fingerprint density at radius 1 is 1.04 bits per heavy atom. The van der Waals surface area contributed by atoms with Gasteiger partial charge >= 0.3 is 6.03 Å². The number of nitrogens with zero attached hydrogens (tertiary/aromatic N) is 2. The number of piperazine rings is 1. The third-order valence-electron chi connectivity index (χ3n) is 4.10. The summed E-state index contributed by atoms with van der Waals surface area (Å²) in [6.07, 6.45) is 2.02. The fourth-order valence-corrected chi connectivity index (χ4v) is 3.14. The molecule has 0 bridgehead atoms. The molecule has 1 aliphatic heterocycles. The van der Waals surface area contributed by atoms with E-state index in [1.165, 1.54) is 6.07 Å². The second-order valence-corrected chi connectivity index (χ2v) is 6.46. The fourth-order valence-electron chi connectivity index (χ4n) is 2.74. The van der Waals surface area contributed by atoms with Gasteiger partial charge < -0.3 is 15.1 Å². The lowest BCUT2D eigenvalue weighted by Crippen LogP contribution is -2.50. The minimum Gasteiger partial charge on any atom is -0.366 e. The van der Waals surface area contributed by atoms with Crippen molar-refractivity contribution in [3.05, 3.63) is 54.3 Å². The van der Waals surface area contributed by atoms with E-state index in [1.807, 2.05) is 41.5 Å². The van der Waals surface area contributed by atoms with Crippen molar-refractivity contribution < 1.29 is 9.18 Å². The standard InChI is InChI=1S/C18H20FN3OS/c1-24-15-8-6-14(7-9-15)20-18(23)22-12-10-21(11-13-22)17-5-3-2-4-16(17)19/h2-9H,10-13H2,1H3,(H,20,23). The molecule has 2 amide bonds. The molecule has 0 radical (unpaired) electrons. The lowest BCUT2D eigenvalue weighted by atomic mass is 10.2. The summed E-state index contributed by atoms with van der Waals surface area (Å²) in [5.74, 6) is -0.218. The Balaban J connectivity index is 1.56. The SMILES string of the molecule is CSc1ccc(NC(=O)N2CCN(c3ccccc3F)CC2)cc1. The van der Waals surface area contributed by atoms with Gasteiger partial charge in [-0.3, -0.25) is 0 Å². The van der Waals surface area contributed by atoms with E-state index < -0.39 is 0 Å². The summed E-state index contributed by atoms with van der Waals surface area (Å²) < 4.78 is 13.8. The highest BCUT2D eigenvalue weighted by atomic mass is 32.2. The number of nitrogens with one attached hydrogen (secondary N) is 1. The third-order valence-corrected chi connectivity index (χ3v) is 4.84. The number of hydrogen-bond donors (Lipinski definition) is 1. The maximum absolute atomic E-state index is 13.8. The second-order valence-electron chi connectivity index (χ2n) is 5.58. The van der Waals surface area contributed by atoms with Crippen LogP contribution in [0.5, 0.6) is 0 Å². The predicted molar refractivity (Wildman–Crippen MR) is 97.4 cm³/mol. The number of urea groups is 1. The highest BCUT2D eigenvalue weighted by molar-refractivity contribution is 7.98. The number of thioether (sulfide) groups is 1. The van der Waals surface area contributed by atoms with Gasteiger partial charge in [0.1, 0.15) is 5.82 Å². The van der Waals surface area contributed by atoms with Gasteiger partial charge in [-0.1, -0.05) is 12.1 Å². The number of carbonyl (C=O) groups excluding carboxylic acids is 1. The third kappa shape index (κ3) is 3.82. The first-order valence-corrected chi connectivity index (χ1v) is 9.09. The zero-order valence-corrected chi connectivity index (χ0v) is 14.4. The Kier molecular flexibility index (Phi) is 5.25. The van der Waals surface area contributed by atoms with E-state index in [1.54, 1.807) is 28.8 Å². The van der Waals surface area contributed by atoms with E-state index in [9.17, 15) is 9.18 Å². The Labute approximate surface area is 145 Å². The molecule has 3 rings (SSSR count). The number of benzene rings is 2. The highest BCUT2D eigenvalue weighted by Gasteiger charge is 2.22. The first kappa shape index (κ1) is 16.6. The quantitative estimate of drug-likeness (QED) is 0.857. The number of anilines is 2. The molecule has 2 aromatic rings. The Morgan fingerprint density at radius 2 is 1.71 bits per heavy atom. The smallest absolute Gasteiger partial charge is 0.321 e. The summed E-state index contributed by atoms with van der Waals surface area (Å²) in [6, 6.07) is 14.4. The van der Waals surface area contributed by atoms with Crippen LogP contribution < -0.4 is 10.2 Å². The Morgan fingerprint density at radius 3 is 2.33 bits per heavy atom. The molecule has 1 fully saturated rings. The van der Waals surface area contributed by atoms with Crippen LogP contribution in [0.15, 0.2) is 53.4 Å². The van der Waals surface area contributed by atoms with Crippen molar-refractivity contribution in [1.29, 1.82) is 0 Å². The average molecular weight is 345 g/mol. The monoisotopic (exact) mass is 345 g/mol. The summed E-state index contributed by atoms with van der Waals surface area (Å²) >= 11 is 1.66. The van der Waals surface area contributed by atoms with Crippen LogP contribution in [0.4, 0.5) is 20.6 Å². The number of halogens is 1. The molecular formula is C18H20FN3OS. The molecule has 0 aromatic heterocycles. The van der Waals surface area contributed by atoms with Crippen LogP contribution in [-0.2, 0) is 0 Å². The van der Waals surface area contributed by atoms with Crippen LogP contribution in [0.1, 0.15) is 0 Å². The van der Waals surface area contributed by atoms with E-state index in [0.717, 1.165) is 10.6 Å². The number of carbonyl (C=O) groups is 1. The van der Waals surface area contributed by atoms with Gasteiger partial charge in [-0.05, 0) is 42.7 Å². The van der Waals surface area contributed by atoms with Crippen molar-refractivity contribution in [3.8, 4) is 0 Å². The maximum atomic E-state index is 13.8. The molecule has 126 valence electrons. The van der Waals surface area contributed by atoms with Gasteiger partial charge in [-0.25, -0.2) is 9.18 Å². The van der Waals surface area contributed by atoms with Crippen LogP contribution in [0, 0.1) is 5.82 Å². The Hall–Kier alpha value is -2.21. The second kappa shape index (κ2) is 7.57. The van der Waals surface area contributed by atoms with Gasteiger partial charge in [0, 0.05) is 36.8 Å². The van der Waals surface area contributed by atoms with E-state index in [4.69, 9.17) is 0 Å². The largest absolute Gasteiger partial charge is 0.366 e. The van der Waals surface area contributed by atoms with Gasteiger partial charge in [0.15, 0.2) is 0 Å². The normalized spacial score (nSPS) is 14.6. The first-order chi connectivity index (χ1) is 11.7. The zero-order valence-electron chi connectivity index (χ0n) is 13.5. The van der Waals surface area contributed by atoms with Gasteiger partial charge in [0.05, 0.1) is 5.69 Å². The number of rotatable bonds is 3.